The van der Waals surface area contributed by atoms with Crippen LogP contribution in [0.4, 0.5) is 9.39 Å². The zero-order chi connectivity index (χ0) is 27.4. The number of rotatable bonds is 9. The van der Waals surface area contributed by atoms with Crippen LogP contribution in [0.3, 0.4) is 0 Å². The summed E-state index contributed by atoms with van der Waals surface area (Å²) in [5, 5.41) is 14.1. The molecule has 0 spiro atoms. The highest BCUT2D eigenvalue weighted by Crippen LogP contribution is 2.39. The number of carbonyl (C=O) groups excluding carboxylic acids is 3. The smallest absolute Gasteiger partial charge is 0.341 e. The molecule has 202 valence electrons. The Bertz CT molecular complexity index is 1360. The Balaban J connectivity index is 1.41. The van der Waals surface area contributed by atoms with E-state index in [2.05, 4.69) is 20.8 Å². The van der Waals surface area contributed by atoms with Crippen LogP contribution in [0.25, 0.3) is 0 Å². The van der Waals surface area contributed by atoms with Gasteiger partial charge in [-0.15, -0.1) is 21.5 Å². The maximum absolute atomic E-state index is 14.0. The first-order valence-electron chi connectivity index (χ1n) is 12.1. The van der Waals surface area contributed by atoms with Crippen molar-refractivity contribution < 1.29 is 23.5 Å². The van der Waals surface area contributed by atoms with E-state index in [1.54, 1.807) is 25.5 Å². The van der Waals surface area contributed by atoms with Crippen LogP contribution in [-0.4, -0.2) is 44.4 Å². The highest BCUT2D eigenvalue weighted by molar-refractivity contribution is 8.00. The quantitative estimate of drug-likeness (QED) is 0.277. The van der Waals surface area contributed by atoms with Crippen molar-refractivity contribution in [1.82, 2.24) is 20.1 Å². The first-order valence-corrected chi connectivity index (χ1v) is 14.2. The van der Waals surface area contributed by atoms with Crippen molar-refractivity contribution in [3.63, 3.8) is 0 Å². The van der Waals surface area contributed by atoms with Gasteiger partial charge in [0.15, 0.2) is 11.0 Å². The molecule has 1 unspecified atom stereocenters. The molecule has 1 atom stereocenters. The predicted molar refractivity (Wildman–Crippen MR) is 144 cm³/mol. The fourth-order valence-electron chi connectivity index (χ4n) is 4.06. The van der Waals surface area contributed by atoms with E-state index in [9.17, 15) is 18.8 Å². The number of fused-ring (bicyclic) bond motifs is 1. The summed E-state index contributed by atoms with van der Waals surface area (Å²) >= 11 is 8.58. The lowest BCUT2D eigenvalue weighted by Gasteiger charge is -2.13. The summed E-state index contributed by atoms with van der Waals surface area (Å²) < 4.78 is 20.9. The average Bonchev–Trinajstić information content (AvgIpc) is 3.42. The number of aryl methyl sites for hydroxylation is 1. The summed E-state index contributed by atoms with van der Waals surface area (Å²) in [6.07, 6.45) is 3.73. The number of carbonyl (C=O) groups is 3. The van der Waals surface area contributed by atoms with Crippen LogP contribution in [-0.2, 0) is 36.0 Å². The van der Waals surface area contributed by atoms with Gasteiger partial charge in [0.05, 0.1) is 34.6 Å². The van der Waals surface area contributed by atoms with Gasteiger partial charge in [-0.1, -0.05) is 29.4 Å². The van der Waals surface area contributed by atoms with E-state index < -0.39 is 22.9 Å². The number of nitrogens with one attached hydrogen (secondary N) is 2. The lowest BCUT2D eigenvalue weighted by molar-refractivity contribution is -0.115. The molecule has 1 aromatic carbocycles. The molecule has 0 radical (unpaired) electrons. The molecule has 2 aromatic heterocycles. The third-order valence-electron chi connectivity index (χ3n) is 6.06. The summed E-state index contributed by atoms with van der Waals surface area (Å²) in [7, 11) is 1.71. The molecular weight excluding hydrogens is 553 g/mol. The van der Waals surface area contributed by atoms with E-state index in [1.807, 2.05) is 0 Å². The minimum absolute atomic E-state index is 0.00857. The lowest BCUT2D eigenvalue weighted by atomic mass is 9.95. The van der Waals surface area contributed by atoms with Gasteiger partial charge in [-0.3, -0.25) is 9.59 Å². The van der Waals surface area contributed by atoms with Crippen LogP contribution in [0, 0.1) is 5.82 Å². The molecular formula is C25H27ClFN5O4S2. The largest absolute Gasteiger partial charge is 0.462 e. The first kappa shape index (κ1) is 28.1. The van der Waals surface area contributed by atoms with Gasteiger partial charge in [-0.25, -0.2) is 9.18 Å². The van der Waals surface area contributed by atoms with Crippen LogP contribution in [0.15, 0.2) is 23.4 Å². The monoisotopic (exact) mass is 579 g/mol. The van der Waals surface area contributed by atoms with Crippen LogP contribution >= 0.6 is 34.7 Å². The molecule has 2 N–H and O–H groups in total. The number of amides is 2. The van der Waals surface area contributed by atoms with E-state index in [0.717, 1.165) is 42.2 Å². The number of thioether (sulfide) groups is 1. The molecule has 4 rings (SSSR count). The number of anilines is 1. The van der Waals surface area contributed by atoms with Crippen molar-refractivity contribution in [2.45, 2.75) is 56.5 Å². The minimum atomic E-state index is -0.721. The molecule has 38 heavy (non-hydrogen) atoms. The zero-order valence-corrected chi connectivity index (χ0v) is 23.5. The van der Waals surface area contributed by atoms with Gasteiger partial charge in [0.2, 0.25) is 5.91 Å². The van der Waals surface area contributed by atoms with Crippen molar-refractivity contribution in [1.29, 1.82) is 0 Å². The second-order valence-electron chi connectivity index (χ2n) is 8.62. The summed E-state index contributed by atoms with van der Waals surface area (Å²) in [5.74, 6) is -1.68. The third-order valence-corrected chi connectivity index (χ3v) is 8.72. The van der Waals surface area contributed by atoms with Crippen molar-refractivity contribution >= 4 is 57.5 Å². The second kappa shape index (κ2) is 12.3. The maximum Gasteiger partial charge on any atom is 0.341 e. The molecule has 3 aromatic rings. The van der Waals surface area contributed by atoms with Crippen molar-refractivity contribution in [2.75, 3.05) is 11.9 Å². The number of benzene rings is 1. The maximum atomic E-state index is 14.0. The van der Waals surface area contributed by atoms with E-state index in [1.165, 1.54) is 35.2 Å². The lowest BCUT2D eigenvalue weighted by Crippen LogP contribution is -2.26. The first-order chi connectivity index (χ1) is 18.2. The minimum Gasteiger partial charge on any atom is -0.462 e. The third kappa shape index (κ3) is 6.02. The molecule has 0 bridgehead atoms. The number of thiophene rings is 1. The fraction of sp³-hybridized carbons (Fsp3) is 0.400. The molecule has 13 heteroatoms. The molecule has 0 saturated carbocycles. The number of ether oxygens (including phenoxy) is 1. The Kier molecular flexibility index (Phi) is 9.06. The molecule has 2 amide bonds. The highest BCUT2D eigenvalue weighted by atomic mass is 35.5. The Morgan fingerprint density at radius 2 is 2.00 bits per heavy atom. The summed E-state index contributed by atoms with van der Waals surface area (Å²) in [6.45, 7) is 3.72. The molecule has 0 aliphatic heterocycles. The average molecular weight is 580 g/mol. The fourth-order valence-corrected chi connectivity index (χ4v) is 6.43. The Hall–Kier alpha value is -2.96. The van der Waals surface area contributed by atoms with Crippen molar-refractivity contribution in [2.24, 2.45) is 7.05 Å². The number of nitrogens with zero attached hydrogens (tertiary/aromatic N) is 3. The molecule has 1 aliphatic carbocycles. The Labute approximate surface area is 232 Å². The van der Waals surface area contributed by atoms with Crippen LogP contribution in [0.5, 0.6) is 0 Å². The predicted octanol–water partition coefficient (Wildman–Crippen LogP) is 4.77. The summed E-state index contributed by atoms with van der Waals surface area (Å²) in [4.78, 5) is 39.3. The van der Waals surface area contributed by atoms with Crippen LogP contribution in [0.1, 0.15) is 63.7 Å². The second-order valence-corrected chi connectivity index (χ2v) is 11.4. The summed E-state index contributed by atoms with van der Waals surface area (Å²) in [5.41, 5.74) is 1.20. The Morgan fingerprint density at radius 3 is 2.74 bits per heavy atom. The normalized spacial score (nSPS) is 13.5. The van der Waals surface area contributed by atoms with E-state index in [4.69, 9.17) is 16.3 Å². The molecule has 9 nitrogen and oxygen atoms in total. The zero-order valence-electron chi connectivity index (χ0n) is 21.1. The molecule has 2 heterocycles. The Morgan fingerprint density at radius 1 is 1.24 bits per heavy atom. The van der Waals surface area contributed by atoms with Gasteiger partial charge in [0.25, 0.3) is 5.91 Å². The van der Waals surface area contributed by atoms with Gasteiger partial charge in [0, 0.05) is 11.9 Å². The number of hydrogen-bond donors (Lipinski definition) is 2. The van der Waals surface area contributed by atoms with Gasteiger partial charge in [0.1, 0.15) is 10.8 Å². The van der Waals surface area contributed by atoms with Crippen molar-refractivity contribution in [3.8, 4) is 0 Å². The standard InChI is InChI=1S/C25H27ClFN5O4S2/c1-4-36-24(35)19-14-8-5-6-11-17(14)38-23(19)29-21(33)13(2)37-25-31-30-18(32(25)3)12-28-22(34)20-15(26)9-7-10-16(20)27/h7,9-10,13H,4-6,8,11-12H2,1-3H3,(H,28,34)(H,29,33). The van der Waals surface area contributed by atoms with Crippen LogP contribution < -0.4 is 10.6 Å². The van der Waals surface area contributed by atoms with Gasteiger partial charge >= 0.3 is 5.97 Å². The van der Waals surface area contributed by atoms with E-state index >= 15 is 0 Å². The topological polar surface area (TPSA) is 115 Å². The van der Waals surface area contributed by atoms with Crippen LogP contribution in [0.2, 0.25) is 5.02 Å². The van der Waals surface area contributed by atoms with Gasteiger partial charge in [-0.05, 0) is 57.2 Å². The SMILES string of the molecule is CCOC(=O)c1c(NC(=O)C(C)Sc2nnc(CNC(=O)c3c(F)cccc3Cl)n2C)sc2c1CCCC2. The van der Waals surface area contributed by atoms with Gasteiger partial charge < -0.3 is 19.9 Å². The molecule has 1 aliphatic rings. The summed E-state index contributed by atoms with van der Waals surface area (Å²) in [6, 6.07) is 4.01. The van der Waals surface area contributed by atoms with Crippen molar-refractivity contribution in [3.05, 3.63) is 56.4 Å². The van der Waals surface area contributed by atoms with Gasteiger partial charge in [-0.2, -0.15) is 0 Å². The number of aromatic nitrogens is 3. The van der Waals surface area contributed by atoms with E-state index in [0.29, 0.717) is 21.5 Å². The molecule has 0 fully saturated rings. The van der Waals surface area contributed by atoms with E-state index in [-0.39, 0.29) is 29.6 Å². The molecule has 0 saturated heterocycles. The number of halogens is 2. The number of esters is 1. The number of hydrogen-bond acceptors (Lipinski definition) is 8. The highest BCUT2D eigenvalue weighted by Gasteiger charge is 2.29.